The number of carbonyl (C=O) groups is 1. The number of halogens is 1. The lowest BCUT2D eigenvalue weighted by Crippen LogP contribution is -2.22. The maximum atomic E-state index is 14.0. The number of aliphatic hydroxyl groups excluding tert-OH is 1. The van der Waals surface area contributed by atoms with Crippen molar-refractivity contribution in [2.24, 2.45) is 5.92 Å². The lowest BCUT2D eigenvalue weighted by Gasteiger charge is -2.22. The summed E-state index contributed by atoms with van der Waals surface area (Å²) in [6.45, 7) is 2.24. The van der Waals surface area contributed by atoms with E-state index in [-0.39, 0.29) is 27.8 Å². The Morgan fingerprint density at radius 2 is 2.17 bits per heavy atom. The number of hydrogen-bond donors (Lipinski definition) is 2. The van der Waals surface area contributed by atoms with Crippen molar-refractivity contribution in [3.63, 3.8) is 0 Å². The molecule has 35 heavy (non-hydrogen) atoms. The summed E-state index contributed by atoms with van der Waals surface area (Å²) in [6, 6.07) is 6.74. The monoisotopic (exact) mass is 502 g/mol. The van der Waals surface area contributed by atoms with Gasteiger partial charge in [0.1, 0.15) is 17.1 Å². The van der Waals surface area contributed by atoms with Gasteiger partial charge in [0, 0.05) is 25.6 Å². The minimum absolute atomic E-state index is 0.0331. The molecule has 2 fully saturated rings. The van der Waals surface area contributed by atoms with E-state index in [1.807, 2.05) is 4.90 Å². The number of anilines is 1. The van der Waals surface area contributed by atoms with E-state index >= 15 is 0 Å². The first-order valence-corrected chi connectivity index (χ1v) is 13.0. The molecule has 1 saturated carbocycles. The predicted octanol–water partition coefficient (Wildman–Crippen LogP) is 2.99. The molecule has 10 heteroatoms. The number of sulfonamides is 1. The minimum atomic E-state index is -4.20. The fourth-order valence-corrected chi connectivity index (χ4v) is 6.09. The van der Waals surface area contributed by atoms with Gasteiger partial charge < -0.3 is 14.6 Å². The summed E-state index contributed by atoms with van der Waals surface area (Å²) in [6.07, 6.45) is 4.58. The zero-order valence-corrected chi connectivity index (χ0v) is 20.1. The van der Waals surface area contributed by atoms with Crippen molar-refractivity contribution < 1.29 is 32.2 Å². The van der Waals surface area contributed by atoms with Gasteiger partial charge in [0.25, 0.3) is 10.0 Å². The van der Waals surface area contributed by atoms with Crippen LogP contribution in [-0.4, -0.2) is 63.8 Å². The van der Waals surface area contributed by atoms with Crippen LogP contribution in [0.4, 0.5) is 10.1 Å². The number of ether oxygens (including phenoxy) is 2. The maximum Gasteiger partial charge on any atom is 0.343 e. The molecule has 0 radical (unpaired) electrons. The average Bonchev–Trinajstić information content (AvgIpc) is 3.51. The Kier molecular flexibility index (Phi) is 6.29. The fourth-order valence-electron chi connectivity index (χ4n) is 4.84. The lowest BCUT2D eigenvalue weighted by atomic mass is 10.0. The van der Waals surface area contributed by atoms with Gasteiger partial charge in [0.15, 0.2) is 0 Å². The van der Waals surface area contributed by atoms with Crippen LogP contribution in [0.15, 0.2) is 41.3 Å². The van der Waals surface area contributed by atoms with Crippen molar-refractivity contribution >= 4 is 27.8 Å². The summed E-state index contributed by atoms with van der Waals surface area (Å²) in [5.74, 6) is -0.198. The number of esters is 1. The molecular weight excluding hydrogens is 475 g/mol. The number of nitrogens with one attached hydrogen (secondary N) is 1. The van der Waals surface area contributed by atoms with E-state index in [9.17, 15) is 22.7 Å². The van der Waals surface area contributed by atoms with Crippen LogP contribution in [0.1, 0.15) is 40.2 Å². The summed E-state index contributed by atoms with van der Waals surface area (Å²) < 4.78 is 54.0. The van der Waals surface area contributed by atoms with Crippen LogP contribution >= 0.6 is 0 Å². The quantitative estimate of drug-likeness (QED) is 0.561. The highest BCUT2D eigenvalue weighted by atomic mass is 32.2. The molecule has 1 aliphatic carbocycles. The minimum Gasteiger partial charge on any atom is -0.492 e. The van der Waals surface area contributed by atoms with Crippen LogP contribution in [-0.2, 0) is 14.8 Å². The molecule has 3 unspecified atom stereocenters. The molecule has 2 aromatic rings. The van der Waals surface area contributed by atoms with Gasteiger partial charge in [0.2, 0.25) is 0 Å². The molecule has 8 nitrogen and oxygen atoms in total. The number of benzene rings is 2. The van der Waals surface area contributed by atoms with Crippen LogP contribution in [0, 0.1) is 11.7 Å². The maximum absolute atomic E-state index is 14.0. The summed E-state index contributed by atoms with van der Waals surface area (Å²) in [5.41, 5.74) is 1.12. The van der Waals surface area contributed by atoms with Gasteiger partial charge in [-0.1, -0.05) is 18.2 Å². The Labute approximate surface area is 203 Å². The molecule has 2 aliphatic heterocycles. The van der Waals surface area contributed by atoms with Crippen molar-refractivity contribution in [1.82, 2.24) is 4.90 Å². The first kappa shape index (κ1) is 23.8. The number of likely N-dealkylation sites (tertiary alicyclic amines) is 1. The SMILES string of the molecule is COC(=O)c1c(NS(=O)(=O)c2ccc(F)cc2C=CCN2CCC(O)C2)ccc2c1OCC1CC21. The Balaban J connectivity index is 1.45. The zero-order chi connectivity index (χ0) is 24.7. The van der Waals surface area contributed by atoms with Gasteiger partial charge in [-0.3, -0.25) is 9.62 Å². The number of carbonyl (C=O) groups excluding carboxylic acids is 1. The second kappa shape index (κ2) is 9.25. The lowest BCUT2D eigenvalue weighted by molar-refractivity contribution is 0.0596. The van der Waals surface area contributed by atoms with Gasteiger partial charge in [-0.2, -0.15) is 0 Å². The first-order chi connectivity index (χ1) is 16.8. The van der Waals surface area contributed by atoms with E-state index in [1.165, 1.54) is 13.2 Å². The topological polar surface area (TPSA) is 105 Å². The molecule has 0 aromatic heterocycles. The smallest absolute Gasteiger partial charge is 0.343 e. The van der Waals surface area contributed by atoms with E-state index < -0.39 is 21.8 Å². The molecule has 2 aromatic carbocycles. The van der Waals surface area contributed by atoms with E-state index in [0.717, 1.165) is 30.7 Å². The molecule has 3 atom stereocenters. The van der Waals surface area contributed by atoms with Crippen molar-refractivity contribution in [2.45, 2.75) is 29.8 Å². The standard InChI is InChI=1S/C25H27FN2O6S/c1-33-25(30)23-21(6-5-19-20-12-16(20)14-34-24(19)23)27-35(31,32)22-7-4-17(26)11-15(22)3-2-9-28-10-8-18(29)13-28/h2-7,11,16,18,20,27,29H,8-10,12-14H2,1H3. The van der Waals surface area contributed by atoms with Crippen LogP contribution in [0.5, 0.6) is 5.75 Å². The number of β-amino-alcohol motifs (C(OH)–C–C–N with tert-alkyl or cyclic N) is 1. The highest BCUT2D eigenvalue weighted by Crippen LogP contribution is 2.55. The molecular formula is C25H27FN2O6S. The molecule has 2 heterocycles. The summed E-state index contributed by atoms with van der Waals surface area (Å²) in [5, 5.41) is 9.67. The number of fused-ring (bicyclic) bond motifs is 3. The summed E-state index contributed by atoms with van der Waals surface area (Å²) in [4.78, 5) is 14.5. The first-order valence-electron chi connectivity index (χ1n) is 11.5. The largest absolute Gasteiger partial charge is 0.492 e. The van der Waals surface area contributed by atoms with Gasteiger partial charge in [-0.15, -0.1) is 0 Å². The third kappa shape index (κ3) is 4.78. The Bertz CT molecular complexity index is 1300. The Morgan fingerprint density at radius 3 is 2.91 bits per heavy atom. The third-order valence-electron chi connectivity index (χ3n) is 6.76. The Hall–Kier alpha value is -2.95. The molecule has 1 saturated heterocycles. The molecule has 3 aliphatic rings. The second-order valence-electron chi connectivity index (χ2n) is 9.20. The third-order valence-corrected chi connectivity index (χ3v) is 8.20. The zero-order valence-electron chi connectivity index (χ0n) is 19.2. The number of methoxy groups -OCH3 is 1. The van der Waals surface area contributed by atoms with Crippen molar-refractivity contribution in [2.75, 3.05) is 38.1 Å². The molecule has 0 bridgehead atoms. The fraction of sp³-hybridized carbons (Fsp3) is 0.400. The summed E-state index contributed by atoms with van der Waals surface area (Å²) >= 11 is 0. The van der Waals surface area contributed by atoms with E-state index in [4.69, 9.17) is 9.47 Å². The van der Waals surface area contributed by atoms with E-state index in [1.54, 1.807) is 24.3 Å². The normalized spacial score (nSPS) is 23.5. The molecule has 0 spiro atoms. The van der Waals surface area contributed by atoms with Crippen LogP contribution < -0.4 is 9.46 Å². The number of aliphatic hydroxyl groups is 1. The number of rotatable bonds is 7. The van der Waals surface area contributed by atoms with E-state index in [0.29, 0.717) is 43.7 Å². The highest BCUT2D eigenvalue weighted by molar-refractivity contribution is 7.92. The Morgan fingerprint density at radius 1 is 1.34 bits per heavy atom. The van der Waals surface area contributed by atoms with E-state index in [2.05, 4.69) is 4.72 Å². The van der Waals surface area contributed by atoms with Crippen molar-refractivity contribution in [3.8, 4) is 5.75 Å². The van der Waals surface area contributed by atoms with Crippen LogP contribution in [0.2, 0.25) is 0 Å². The summed E-state index contributed by atoms with van der Waals surface area (Å²) in [7, 11) is -2.97. The number of nitrogens with zero attached hydrogens (tertiary/aromatic N) is 1. The molecule has 2 N–H and O–H groups in total. The van der Waals surface area contributed by atoms with Crippen molar-refractivity contribution in [1.29, 1.82) is 0 Å². The number of hydrogen-bond acceptors (Lipinski definition) is 7. The van der Waals surface area contributed by atoms with Gasteiger partial charge in [-0.25, -0.2) is 17.6 Å². The van der Waals surface area contributed by atoms with Crippen LogP contribution in [0.25, 0.3) is 6.08 Å². The predicted molar refractivity (Wildman–Crippen MR) is 127 cm³/mol. The van der Waals surface area contributed by atoms with Gasteiger partial charge >= 0.3 is 5.97 Å². The second-order valence-corrected chi connectivity index (χ2v) is 10.9. The van der Waals surface area contributed by atoms with Gasteiger partial charge in [-0.05, 0) is 54.2 Å². The van der Waals surface area contributed by atoms with Crippen molar-refractivity contribution in [3.05, 3.63) is 58.9 Å². The van der Waals surface area contributed by atoms with Crippen LogP contribution in [0.3, 0.4) is 0 Å². The average molecular weight is 503 g/mol. The highest BCUT2D eigenvalue weighted by Gasteiger charge is 2.45. The van der Waals surface area contributed by atoms with Gasteiger partial charge in [0.05, 0.1) is 30.4 Å². The molecule has 186 valence electrons. The molecule has 5 rings (SSSR count). The molecule has 0 amide bonds.